The molecule has 1 radical (unpaired) electrons. The van der Waals surface area contributed by atoms with Crippen molar-refractivity contribution in [3.8, 4) is 0 Å². The summed E-state index contributed by atoms with van der Waals surface area (Å²) in [5, 5.41) is 0. The van der Waals surface area contributed by atoms with E-state index in [1.165, 1.54) is 24.8 Å². The van der Waals surface area contributed by atoms with Crippen molar-refractivity contribution in [2.45, 2.75) is 19.3 Å². The van der Waals surface area contributed by atoms with Gasteiger partial charge in [0.25, 0.3) is 0 Å². The molecular formula is C13H15. The van der Waals surface area contributed by atoms with Gasteiger partial charge in [-0.3, -0.25) is 0 Å². The zero-order valence-electron chi connectivity index (χ0n) is 7.82. The van der Waals surface area contributed by atoms with Crippen molar-refractivity contribution in [2.24, 2.45) is 5.92 Å². The van der Waals surface area contributed by atoms with Crippen LogP contribution >= 0.6 is 0 Å². The second-order valence-electron chi connectivity index (χ2n) is 3.62. The standard InChI is InChI=1S/C13H15/c1-3-7-12(8-4-1)11-13-9-5-2-6-10-13/h1-5,7-8,11,13H,6,9-10H2. The van der Waals surface area contributed by atoms with E-state index in [1.54, 1.807) is 0 Å². The van der Waals surface area contributed by atoms with E-state index >= 15 is 0 Å². The summed E-state index contributed by atoms with van der Waals surface area (Å²) in [7, 11) is 0. The smallest absolute Gasteiger partial charge is 0.00589 e. The van der Waals surface area contributed by atoms with E-state index in [1.807, 2.05) is 0 Å². The third-order valence-electron chi connectivity index (χ3n) is 2.54. The third kappa shape index (κ3) is 2.45. The van der Waals surface area contributed by atoms with E-state index < -0.39 is 0 Å². The quantitative estimate of drug-likeness (QED) is 0.596. The lowest BCUT2D eigenvalue weighted by Gasteiger charge is -2.16. The fourth-order valence-electron chi connectivity index (χ4n) is 1.80. The molecule has 67 valence electrons. The molecule has 0 aromatic heterocycles. The highest BCUT2D eigenvalue weighted by atomic mass is 14.1. The van der Waals surface area contributed by atoms with Crippen molar-refractivity contribution in [3.05, 3.63) is 54.5 Å². The molecule has 1 atom stereocenters. The van der Waals surface area contributed by atoms with E-state index in [0.717, 1.165) is 5.92 Å². The number of rotatable bonds is 2. The van der Waals surface area contributed by atoms with Gasteiger partial charge in [0.15, 0.2) is 0 Å². The van der Waals surface area contributed by atoms with Crippen LogP contribution in [0.2, 0.25) is 0 Å². The molecule has 0 saturated heterocycles. The van der Waals surface area contributed by atoms with Crippen LogP contribution in [0.25, 0.3) is 0 Å². The maximum absolute atomic E-state index is 2.39. The van der Waals surface area contributed by atoms with Gasteiger partial charge in [-0.15, -0.1) is 0 Å². The minimum atomic E-state index is 0.757. The van der Waals surface area contributed by atoms with Gasteiger partial charge in [0, 0.05) is 0 Å². The van der Waals surface area contributed by atoms with Crippen molar-refractivity contribution in [1.82, 2.24) is 0 Å². The second kappa shape index (κ2) is 4.27. The molecule has 0 N–H and O–H groups in total. The van der Waals surface area contributed by atoms with E-state index in [-0.39, 0.29) is 0 Å². The maximum Gasteiger partial charge on any atom is -0.00589 e. The molecular weight excluding hydrogens is 156 g/mol. The van der Waals surface area contributed by atoms with E-state index in [0.29, 0.717) is 0 Å². The SMILES string of the molecule is [CH](c1ccccc1)C1CC=CCC1. The fourth-order valence-corrected chi connectivity index (χ4v) is 1.80. The zero-order chi connectivity index (χ0) is 8.93. The van der Waals surface area contributed by atoms with Crippen molar-refractivity contribution in [3.63, 3.8) is 0 Å². The highest BCUT2D eigenvalue weighted by Crippen LogP contribution is 2.23. The molecule has 0 amide bonds. The molecule has 1 aromatic carbocycles. The van der Waals surface area contributed by atoms with Crippen LogP contribution in [0.1, 0.15) is 24.8 Å². The predicted molar refractivity (Wildman–Crippen MR) is 56.3 cm³/mol. The molecule has 1 aliphatic carbocycles. The lowest BCUT2D eigenvalue weighted by Crippen LogP contribution is -2.03. The van der Waals surface area contributed by atoms with Crippen LogP contribution in [0.15, 0.2) is 42.5 Å². The molecule has 0 aliphatic heterocycles. The largest absolute Gasteiger partial charge is 0.0885 e. The van der Waals surface area contributed by atoms with Gasteiger partial charge >= 0.3 is 0 Å². The van der Waals surface area contributed by atoms with Crippen LogP contribution in [0.3, 0.4) is 0 Å². The minimum absolute atomic E-state index is 0.757. The topological polar surface area (TPSA) is 0 Å². The Morgan fingerprint density at radius 2 is 1.92 bits per heavy atom. The van der Waals surface area contributed by atoms with Gasteiger partial charge in [0.05, 0.1) is 0 Å². The van der Waals surface area contributed by atoms with Crippen LogP contribution in [0, 0.1) is 12.3 Å². The third-order valence-corrected chi connectivity index (χ3v) is 2.54. The Kier molecular flexibility index (Phi) is 2.81. The van der Waals surface area contributed by atoms with Gasteiger partial charge in [-0.05, 0) is 37.2 Å². The van der Waals surface area contributed by atoms with Crippen LogP contribution in [-0.2, 0) is 0 Å². The minimum Gasteiger partial charge on any atom is -0.0885 e. The molecule has 1 unspecified atom stereocenters. The molecule has 2 rings (SSSR count). The molecule has 0 heteroatoms. The number of benzene rings is 1. The predicted octanol–water partition coefficient (Wildman–Crippen LogP) is 3.60. The Morgan fingerprint density at radius 1 is 1.08 bits per heavy atom. The molecule has 0 fully saturated rings. The van der Waals surface area contributed by atoms with Crippen LogP contribution in [-0.4, -0.2) is 0 Å². The first kappa shape index (κ1) is 8.55. The fraction of sp³-hybridized carbons (Fsp3) is 0.308. The molecule has 0 nitrogen and oxygen atoms in total. The second-order valence-corrected chi connectivity index (χ2v) is 3.62. The van der Waals surface area contributed by atoms with Crippen molar-refractivity contribution in [1.29, 1.82) is 0 Å². The highest BCUT2D eigenvalue weighted by molar-refractivity contribution is 5.24. The van der Waals surface area contributed by atoms with Crippen molar-refractivity contribution < 1.29 is 0 Å². The van der Waals surface area contributed by atoms with E-state index in [9.17, 15) is 0 Å². The van der Waals surface area contributed by atoms with Crippen molar-refractivity contribution in [2.75, 3.05) is 0 Å². The summed E-state index contributed by atoms with van der Waals surface area (Å²) in [4.78, 5) is 0. The van der Waals surface area contributed by atoms with E-state index in [4.69, 9.17) is 0 Å². The normalized spacial score (nSPS) is 21.7. The number of hydrogen-bond donors (Lipinski definition) is 0. The monoisotopic (exact) mass is 171 g/mol. The summed E-state index contributed by atoms with van der Waals surface area (Å²) in [5.74, 6) is 0.757. The molecule has 0 heterocycles. The Bertz CT molecular complexity index is 271. The van der Waals surface area contributed by atoms with Crippen molar-refractivity contribution >= 4 is 0 Å². The van der Waals surface area contributed by atoms with Gasteiger partial charge in [-0.25, -0.2) is 0 Å². The summed E-state index contributed by atoms with van der Waals surface area (Å²) in [6.07, 6.45) is 10.8. The Hall–Kier alpha value is -1.04. The first-order valence-corrected chi connectivity index (χ1v) is 5.00. The summed E-state index contributed by atoms with van der Waals surface area (Å²) >= 11 is 0. The Morgan fingerprint density at radius 3 is 2.62 bits per heavy atom. The summed E-state index contributed by atoms with van der Waals surface area (Å²) in [5.41, 5.74) is 1.36. The van der Waals surface area contributed by atoms with Crippen LogP contribution in [0.5, 0.6) is 0 Å². The highest BCUT2D eigenvalue weighted by Gasteiger charge is 2.10. The molecule has 0 saturated carbocycles. The van der Waals surface area contributed by atoms with Gasteiger partial charge in [-0.2, -0.15) is 0 Å². The molecule has 0 bridgehead atoms. The lowest BCUT2D eigenvalue weighted by molar-refractivity contribution is 0.554. The Labute approximate surface area is 80.3 Å². The summed E-state index contributed by atoms with van der Waals surface area (Å²) in [6, 6.07) is 10.6. The van der Waals surface area contributed by atoms with Crippen LogP contribution in [0.4, 0.5) is 0 Å². The average Bonchev–Trinajstić information content (AvgIpc) is 2.21. The molecule has 0 spiro atoms. The average molecular weight is 171 g/mol. The lowest BCUT2D eigenvalue weighted by atomic mass is 9.89. The van der Waals surface area contributed by atoms with Gasteiger partial charge in [-0.1, -0.05) is 42.5 Å². The van der Waals surface area contributed by atoms with Gasteiger partial charge < -0.3 is 0 Å². The first-order chi connectivity index (χ1) is 6.45. The summed E-state index contributed by atoms with van der Waals surface area (Å²) < 4.78 is 0. The van der Waals surface area contributed by atoms with Crippen LogP contribution < -0.4 is 0 Å². The van der Waals surface area contributed by atoms with E-state index in [2.05, 4.69) is 48.9 Å². The van der Waals surface area contributed by atoms with Gasteiger partial charge in [0.1, 0.15) is 0 Å². The number of hydrogen-bond acceptors (Lipinski definition) is 0. The van der Waals surface area contributed by atoms with Gasteiger partial charge in [0.2, 0.25) is 0 Å². The first-order valence-electron chi connectivity index (χ1n) is 5.00. The molecule has 1 aromatic rings. The molecule has 1 aliphatic rings. The zero-order valence-corrected chi connectivity index (χ0v) is 7.82. The maximum atomic E-state index is 2.39. The summed E-state index contributed by atoms with van der Waals surface area (Å²) in [6.45, 7) is 0. The Balaban J connectivity index is 1.94. The molecule has 13 heavy (non-hydrogen) atoms. The number of allylic oxidation sites excluding steroid dienone is 2.